The molecule has 4 heteroatoms. The van der Waals surface area contributed by atoms with E-state index in [4.69, 9.17) is 0 Å². The average molecular weight is 199 g/mol. The van der Waals surface area contributed by atoms with Gasteiger partial charge in [-0.25, -0.2) is 0 Å². The summed E-state index contributed by atoms with van der Waals surface area (Å²) < 4.78 is 0. The van der Waals surface area contributed by atoms with Crippen molar-refractivity contribution in [3.05, 3.63) is 10.1 Å². The lowest BCUT2D eigenvalue weighted by Crippen LogP contribution is -2.34. The second kappa shape index (κ2) is 3.50. The van der Waals surface area contributed by atoms with Crippen LogP contribution in [0.15, 0.2) is 0 Å². The Bertz CT molecular complexity index is 228. The fourth-order valence-electron chi connectivity index (χ4n) is 3.25. The fourth-order valence-corrected chi connectivity index (χ4v) is 3.25. The molecule has 0 aromatic carbocycles. The summed E-state index contributed by atoms with van der Waals surface area (Å²) in [4.78, 5) is 10.0. The molecule has 0 heterocycles. The lowest BCUT2D eigenvalue weighted by atomic mass is 9.82. The summed E-state index contributed by atoms with van der Waals surface area (Å²) in [6.07, 6.45) is 6.08. The molecule has 0 aromatic rings. The van der Waals surface area contributed by atoms with Crippen LogP contribution in [0.2, 0.25) is 0 Å². The first-order valence-electron chi connectivity index (χ1n) is 5.43. The van der Waals surface area contributed by atoms with Gasteiger partial charge in [-0.1, -0.05) is 25.7 Å². The van der Waals surface area contributed by atoms with Crippen LogP contribution in [0, 0.1) is 22.0 Å². The molecule has 2 aliphatic rings. The second-order valence-corrected chi connectivity index (χ2v) is 4.93. The summed E-state index contributed by atoms with van der Waals surface area (Å²) >= 11 is 0. The van der Waals surface area contributed by atoms with Gasteiger partial charge in [0.25, 0.3) is 0 Å². The van der Waals surface area contributed by atoms with Gasteiger partial charge in [0.15, 0.2) is 0 Å². The summed E-state index contributed by atoms with van der Waals surface area (Å²) in [5, 5.41) is 20.5. The van der Waals surface area contributed by atoms with Gasteiger partial charge in [-0.3, -0.25) is 10.1 Å². The van der Waals surface area contributed by atoms with Crippen molar-refractivity contribution in [3.63, 3.8) is 0 Å². The minimum Gasteiger partial charge on any atom is -0.383 e. The molecule has 0 spiro atoms. The maximum atomic E-state index is 10.4. The van der Waals surface area contributed by atoms with E-state index in [1.165, 1.54) is 12.8 Å². The van der Waals surface area contributed by atoms with E-state index >= 15 is 0 Å². The SMILES string of the molecule is O=[N+]([O-])CC1(O)CC2CCCCC2C1. The number of hydrogen-bond donors (Lipinski definition) is 1. The van der Waals surface area contributed by atoms with E-state index < -0.39 is 5.60 Å². The van der Waals surface area contributed by atoms with Crippen LogP contribution in [0.25, 0.3) is 0 Å². The van der Waals surface area contributed by atoms with E-state index in [0.29, 0.717) is 24.7 Å². The minimum absolute atomic E-state index is 0.264. The molecule has 2 aliphatic carbocycles. The number of nitro groups is 1. The average Bonchev–Trinajstić information content (AvgIpc) is 2.38. The highest BCUT2D eigenvalue weighted by atomic mass is 16.6. The van der Waals surface area contributed by atoms with Crippen molar-refractivity contribution >= 4 is 0 Å². The molecule has 0 radical (unpaired) electrons. The Morgan fingerprint density at radius 2 is 1.79 bits per heavy atom. The fraction of sp³-hybridized carbons (Fsp3) is 1.00. The third kappa shape index (κ3) is 1.90. The van der Waals surface area contributed by atoms with Crippen LogP contribution < -0.4 is 0 Å². The van der Waals surface area contributed by atoms with Gasteiger partial charge in [0.2, 0.25) is 6.54 Å². The summed E-state index contributed by atoms with van der Waals surface area (Å²) in [7, 11) is 0. The zero-order chi connectivity index (χ0) is 10.2. The van der Waals surface area contributed by atoms with Gasteiger partial charge < -0.3 is 5.11 Å². The molecular weight excluding hydrogens is 182 g/mol. The van der Waals surface area contributed by atoms with Crippen LogP contribution in [0.1, 0.15) is 38.5 Å². The normalized spacial score (nSPS) is 42.1. The maximum absolute atomic E-state index is 10.4. The standard InChI is InChI=1S/C10H17NO3/c12-10(7-11(13)14)5-8-3-1-2-4-9(8)6-10/h8-9,12H,1-7H2. The maximum Gasteiger partial charge on any atom is 0.232 e. The van der Waals surface area contributed by atoms with Gasteiger partial charge in [0, 0.05) is 4.92 Å². The molecule has 14 heavy (non-hydrogen) atoms. The first-order valence-corrected chi connectivity index (χ1v) is 5.43. The molecule has 0 aromatic heterocycles. The van der Waals surface area contributed by atoms with Crippen molar-refractivity contribution in [2.24, 2.45) is 11.8 Å². The first-order chi connectivity index (χ1) is 6.59. The lowest BCUT2D eigenvalue weighted by molar-refractivity contribution is -0.500. The predicted molar refractivity (Wildman–Crippen MR) is 51.5 cm³/mol. The Morgan fingerprint density at radius 3 is 2.21 bits per heavy atom. The number of fused-ring (bicyclic) bond motifs is 1. The number of aliphatic hydroxyl groups is 1. The van der Waals surface area contributed by atoms with Gasteiger partial charge in [-0.05, 0) is 24.7 Å². The van der Waals surface area contributed by atoms with E-state index in [-0.39, 0.29) is 11.5 Å². The smallest absolute Gasteiger partial charge is 0.232 e. The third-order valence-corrected chi connectivity index (χ3v) is 3.77. The summed E-state index contributed by atoms with van der Waals surface area (Å²) in [5.41, 5.74) is -0.997. The predicted octanol–water partition coefficient (Wildman–Crippen LogP) is 1.59. The van der Waals surface area contributed by atoms with E-state index in [2.05, 4.69) is 0 Å². The molecule has 2 rings (SSSR count). The van der Waals surface area contributed by atoms with Crippen molar-refractivity contribution in [1.82, 2.24) is 0 Å². The van der Waals surface area contributed by atoms with Gasteiger partial charge >= 0.3 is 0 Å². The topological polar surface area (TPSA) is 63.4 Å². The van der Waals surface area contributed by atoms with Crippen molar-refractivity contribution in [3.8, 4) is 0 Å². The summed E-state index contributed by atoms with van der Waals surface area (Å²) in [6.45, 7) is -0.264. The van der Waals surface area contributed by atoms with Crippen molar-refractivity contribution in [1.29, 1.82) is 0 Å². The van der Waals surface area contributed by atoms with Crippen molar-refractivity contribution in [2.75, 3.05) is 6.54 Å². The molecule has 2 fully saturated rings. The number of hydrogen-bond acceptors (Lipinski definition) is 3. The number of rotatable bonds is 2. The van der Waals surface area contributed by atoms with Crippen molar-refractivity contribution < 1.29 is 10.0 Å². The first kappa shape index (κ1) is 9.90. The van der Waals surface area contributed by atoms with Crippen LogP contribution in [-0.2, 0) is 0 Å². The lowest BCUT2D eigenvalue weighted by Gasteiger charge is -2.23. The highest BCUT2D eigenvalue weighted by Gasteiger charge is 2.47. The van der Waals surface area contributed by atoms with E-state index in [1.807, 2.05) is 0 Å². The monoisotopic (exact) mass is 199 g/mol. The van der Waals surface area contributed by atoms with Crippen LogP contribution >= 0.6 is 0 Å². The molecule has 4 nitrogen and oxygen atoms in total. The Labute approximate surface area is 83.5 Å². The van der Waals surface area contributed by atoms with Crippen LogP contribution in [0.4, 0.5) is 0 Å². The summed E-state index contributed by atoms with van der Waals surface area (Å²) in [5.74, 6) is 1.10. The zero-order valence-electron chi connectivity index (χ0n) is 8.32. The minimum atomic E-state index is -0.997. The Balaban J connectivity index is 2.00. The molecule has 80 valence electrons. The third-order valence-electron chi connectivity index (χ3n) is 3.77. The second-order valence-electron chi connectivity index (χ2n) is 4.93. The van der Waals surface area contributed by atoms with Gasteiger partial charge in [-0.2, -0.15) is 0 Å². The molecular formula is C10H17NO3. The van der Waals surface area contributed by atoms with Gasteiger partial charge in [0.1, 0.15) is 5.60 Å². The molecule has 2 unspecified atom stereocenters. The summed E-state index contributed by atoms with van der Waals surface area (Å²) in [6, 6.07) is 0. The quantitative estimate of drug-likeness (QED) is 0.542. The molecule has 0 saturated heterocycles. The van der Waals surface area contributed by atoms with Gasteiger partial charge in [-0.15, -0.1) is 0 Å². The number of nitrogens with zero attached hydrogens (tertiary/aromatic N) is 1. The highest BCUT2D eigenvalue weighted by molar-refractivity contribution is 4.95. The Morgan fingerprint density at radius 1 is 1.29 bits per heavy atom. The van der Waals surface area contributed by atoms with E-state index in [9.17, 15) is 15.2 Å². The largest absolute Gasteiger partial charge is 0.383 e. The molecule has 0 aliphatic heterocycles. The zero-order valence-corrected chi connectivity index (χ0v) is 8.32. The molecule has 2 atom stereocenters. The van der Waals surface area contributed by atoms with Gasteiger partial charge in [0.05, 0.1) is 0 Å². The molecule has 1 N–H and O–H groups in total. The van der Waals surface area contributed by atoms with Crippen LogP contribution in [0.3, 0.4) is 0 Å². The molecule has 0 bridgehead atoms. The molecule has 2 saturated carbocycles. The van der Waals surface area contributed by atoms with E-state index in [1.54, 1.807) is 0 Å². The van der Waals surface area contributed by atoms with E-state index in [0.717, 1.165) is 12.8 Å². The van der Waals surface area contributed by atoms with Crippen LogP contribution in [0.5, 0.6) is 0 Å². The van der Waals surface area contributed by atoms with Crippen molar-refractivity contribution in [2.45, 2.75) is 44.1 Å². The Hall–Kier alpha value is -0.640. The van der Waals surface area contributed by atoms with Crippen LogP contribution in [-0.4, -0.2) is 22.2 Å². The molecule has 0 amide bonds. The highest BCUT2D eigenvalue weighted by Crippen LogP contribution is 2.46. The Kier molecular flexibility index (Phi) is 2.47.